The standard InChI is InChI=1S/C22H21N3O4/c26-22(17-9-10-27-14-17)25-12-19(13-25)28-18-8-4-7-16(11-18)21-23-20(24-29-21)15-5-2-1-3-6-15/h1-8,11,17,19H,9-10,12-14H2. The first kappa shape index (κ1) is 17.9. The molecule has 0 N–H and O–H groups in total. The summed E-state index contributed by atoms with van der Waals surface area (Å²) in [7, 11) is 0. The highest BCUT2D eigenvalue weighted by atomic mass is 16.5. The van der Waals surface area contributed by atoms with Crippen molar-refractivity contribution in [2.45, 2.75) is 12.5 Å². The fourth-order valence-electron chi connectivity index (χ4n) is 3.62. The van der Waals surface area contributed by atoms with Gasteiger partial charge in [0, 0.05) is 17.7 Å². The van der Waals surface area contributed by atoms with Crippen LogP contribution in [0.25, 0.3) is 22.8 Å². The number of hydrogen-bond donors (Lipinski definition) is 0. The molecule has 1 amide bonds. The minimum Gasteiger partial charge on any atom is -0.487 e. The van der Waals surface area contributed by atoms with Gasteiger partial charge in [-0.1, -0.05) is 41.6 Å². The zero-order chi connectivity index (χ0) is 19.6. The molecule has 7 heteroatoms. The molecular weight excluding hydrogens is 370 g/mol. The molecule has 1 atom stereocenters. The van der Waals surface area contributed by atoms with Crippen LogP contribution in [0.3, 0.4) is 0 Å². The highest BCUT2D eigenvalue weighted by Crippen LogP contribution is 2.27. The molecule has 7 nitrogen and oxygen atoms in total. The van der Waals surface area contributed by atoms with Gasteiger partial charge >= 0.3 is 0 Å². The van der Waals surface area contributed by atoms with E-state index in [1.165, 1.54) is 0 Å². The lowest BCUT2D eigenvalue weighted by molar-refractivity contribution is -0.144. The monoisotopic (exact) mass is 391 g/mol. The molecule has 2 aromatic carbocycles. The molecule has 0 saturated carbocycles. The number of nitrogens with zero attached hydrogens (tertiary/aromatic N) is 3. The van der Waals surface area contributed by atoms with Crippen LogP contribution in [0.15, 0.2) is 59.1 Å². The van der Waals surface area contributed by atoms with Crippen molar-refractivity contribution in [3.8, 4) is 28.6 Å². The Balaban J connectivity index is 1.22. The summed E-state index contributed by atoms with van der Waals surface area (Å²) in [5.74, 6) is 1.91. The molecule has 3 aromatic rings. The zero-order valence-corrected chi connectivity index (χ0v) is 15.9. The van der Waals surface area contributed by atoms with E-state index in [4.69, 9.17) is 14.0 Å². The van der Waals surface area contributed by atoms with Crippen molar-refractivity contribution < 1.29 is 18.8 Å². The van der Waals surface area contributed by atoms with Gasteiger partial charge in [0.25, 0.3) is 5.89 Å². The summed E-state index contributed by atoms with van der Waals surface area (Å²) in [5.41, 5.74) is 1.70. The minimum atomic E-state index is -0.000846. The number of carbonyl (C=O) groups is 1. The lowest BCUT2D eigenvalue weighted by Gasteiger charge is -2.40. The lowest BCUT2D eigenvalue weighted by atomic mass is 10.0. The Morgan fingerprint density at radius 1 is 1.07 bits per heavy atom. The molecule has 29 heavy (non-hydrogen) atoms. The first-order valence-electron chi connectivity index (χ1n) is 9.79. The quantitative estimate of drug-likeness (QED) is 0.665. The third-order valence-electron chi connectivity index (χ3n) is 5.28. The Bertz CT molecular complexity index is 992. The van der Waals surface area contributed by atoms with E-state index >= 15 is 0 Å². The summed E-state index contributed by atoms with van der Waals surface area (Å²) in [5, 5.41) is 4.07. The summed E-state index contributed by atoms with van der Waals surface area (Å²) >= 11 is 0. The highest BCUT2D eigenvalue weighted by molar-refractivity contribution is 5.80. The zero-order valence-electron chi connectivity index (χ0n) is 15.9. The Morgan fingerprint density at radius 3 is 2.69 bits per heavy atom. The lowest BCUT2D eigenvalue weighted by Crippen LogP contribution is -2.57. The van der Waals surface area contributed by atoms with Crippen LogP contribution in [-0.2, 0) is 9.53 Å². The molecule has 0 spiro atoms. The molecule has 2 saturated heterocycles. The average Bonchev–Trinajstić information content (AvgIpc) is 3.43. The molecule has 0 radical (unpaired) electrons. The van der Waals surface area contributed by atoms with E-state index in [0.717, 1.165) is 23.3 Å². The second-order valence-corrected chi connectivity index (χ2v) is 7.36. The number of rotatable bonds is 5. The maximum absolute atomic E-state index is 12.3. The van der Waals surface area contributed by atoms with Gasteiger partial charge in [-0.25, -0.2) is 0 Å². The van der Waals surface area contributed by atoms with E-state index < -0.39 is 0 Å². The fourth-order valence-corrected chi connectivity index (χ4v) is 3.62. The number of carbonyl (C=O) groups excluding carboxylic acids is 1. The van der Waals surface area contributed by atoms with Gasteiger partial charge in [-0.05, 0) is 24.6 Å². The molecule has 2 aliphatic rings. The fraction of sp³-hybridized carbons (Fsp3) is 0.318. The van der Waals surface area contributed by atoms with Gasteiger partial charge in [-0.2, -0.15) is 4.98 Å². The Morgan fingerprint density at radius 2 is 1.90 bits per heavy atom. The Hall–Kier alpha value is -3.19. The molecule has 2 aliphatic heterocycles. The molecule has 148 valence electrons. The maximum atomic E-state index is 12.3. The highest BCUT2D eigenvalue weighted by Gasteiger charge is 2.37. The van der Waals surface area contributed by atoms with Crippen molar-refractivity contribution in [3.63, 3.8) is 0 Å². The summed E-state index contributed by atoms with van der Waals surface area (Å²) < 4.78 is 16.8. The van der Waals surface area contributed by atoms with Crippen LogP contribution in [0.2, 0.25) is 0 Å². The van der Waals surface area contributed by atoms with Crippen LogP contribution >= 0.6 is 0 Å². The number of benzene rings is 2. The topological polar surface area (TPSA) is 77.7 Å². The number of amides is 1. The van der Waals surface area contributed by atoms with Crippen LogP contribution in [0.5, 0.6) is 5.75 Å². The van der Waals surface area contributed by atoms with Crippen molar-refractivity contribution in [1.29, 1.82) is 0 Å². The van der Waals surface area contributed by atoms with E-state index in [0.29, 0.717) is 38.0 Å². The summed E-state index contributed by atoms with van der Waals surface area (Å²) in [4.78, 5) is 18.7. The van der Waals surface area contributed by atoms with Crippen LogP contribution in [-0.4, -0.2) is 53.4 Å². The normalized spacial score (nSPS) is 19.2. The smallest absolute Gasteiger partial charge is 0.258 e. The maximum Gasteiger partial charge on any atom is 0.258 e. The Kier molecular flexibility index (Phi) is 4.73. The average molecular weight is 391 g/mol. The molecule has 3 heterocycles. The third kappa shape index (κ3) is 3.73. The number of aromatic nitrogens is 2. The van der Waals surface area contributed by atoms with Crippen LogP contribution in [0.4, 0.5) is 0 Å². The van der Waals surface area contributed by atoms with Crippen LogP contribution in [0.1, 0.15) is 6.42 Å². The number of hydrogen-bond acceptors (Lipinski definition) is 6. The predicted molar refractivity (Wildman–Crippen MR) is 105 cm³/mol. The van der Waals surface area contributed by atoms with Gasteiger partial charge in [0.2, 0.25) is 11.7 Å². The SMILES string of the molecule is O=C(C1CCOC1)N1CC(Oc2cccc(-c3nc(-c4ccccc4)no3)c2)C1. The van der Waals surface area contributed by atoms with E-state index in [1.54, 1.807) is 0 Å². The van der Waals surface area contributed by atoms with Gasteiger partial charge in [-0.3, -0.25) is 4.79 Å². The molecule has 5 rings (SSSR count). The second-order valence-electron chi connectivity index (χ2n) is 7.36. The predicted octanol–water partition coefficient (Wildman–Crippen LogP) is 3.03. The molecular formula is C22H21N3O4. The molecule has 0 aliphatic carbocycles. The Labute approximate surface area is 168 Å². The van der Waals surface area contributed by atoms with E-state index in [1.807, 2.05) is 59.5 Å². The van der Waals surface area contributed by atoms with Crippen molar-refractivity contribution in [3.05, 3.63) is 54.6 Å². The largest absolute Gasteiger partial charge is 0.487 e. The molecule has 1 unspecified atom stereocenters. The first-order chi connectivity index (χ1) is 14.3. The molecule has 1 aromatic heterocycles. The minimum absolute atomic E-state index is 0.000846. The van der Waals surface area contributed by atoms with Crippen LogP contribution < -0.4 is 4.74 Å². The van der Waals surface area contributed by atoms with Gasteiger partial charge in [0.1, 0.15) is 11.9 Å². The van der Waals surface area contributed by atoms with E-state index in [9.17, 15) is 4.79 Å². The van der Waals surface area contributed by atoms with E-state index in [2.05, 4.69) is 10.1 Å². The van der Waals surface area contributed by atoms with Crippen molar-refractivity contribution >= 4 is 5.91 Å². The molecule has 0 bridgehead atoms. The summed E-state index contributed by atoms with van der Waals surface area (Å²) in [6.07, 6.45) is 0.817. The summed E-state index contributed by atoms with van der Waals surface area (Å²) in [6.45, 7) is 2.44. The molecule has 2 fully saturated rings. The number of likely N-dealkylation sites (tertiary alicyclic amines) is 1. The first-order valence-corrected chi connectivity index (χ1v) is 9.79. The van der Waals surface area contributed by atoms with Crippen LogP contribution in [0, 0.1) is 5.92 Å². The third-order valence-corrected chi connectivity index (χ3v) is 5.28. The summed E-state index contributed by atoms with van der Waals surface area (Å²) in [6, 6.07) is 17.3. The van der Waals surface area contributed by atoms with Gasteiger partial charge in [0.05, 0.1) is 25.6 Å². The van der Waals surface area contributed by atoms with Crippen molar-refractivity contribution in [1.82, 2.24) is 15.0 Å². The second kappa shape index (κ2) is 7.67. The van der Waals surface area contributed by atoms with Gasteiger partial charge < -0.3 is 18.9 Å². The van der Waals surface area contributed by atoms with Gasteiger partial charge in [-0.15, -0.1) is 0 Å². The number of ether oxygens (including phenoxy) is 2. The van der Waals surface area contributed by atoms with Gasteiger partial charge in [0.15, 0.2) is 0 Å². The van der Waals surface area contributed by atoms with Crippen molar-refractivity contribution in [2.24, 2.45) is 5.92 Å². The van der Waals surface area contributed by atoms with E-state index in [-0.39, 0.29) is 17.9 Å². The van der Waals surface area contributed by atoms with Crippen molar-refractivity contribution in [2.75, 3.05) is 26.3 Å².